The van der Waals surface area contributed by atoms with Crippen LogP contribution < -0.4 is 16.4 Å². The molecule has 0 bridgehead atoms. The standard InChI is InChI=1S/C13H21N3O2/c1-16(7-3-2-4-8-17)12-9-10(13(15)18)5-6-11(12)14/h5-6,9,17H,2-4,7-8,14H2,1H3,(H2,15,18). The van der Waals surface area contributed by atoms with E-state index < -0.39 is 5.91 Å². The molecule has 5 N–H and O–H groups in total. The monoisotopic (exact) mass is 251 g/mol. The summed E-state index contributed by atoms with van der Waals surface area (Å²) in [7, 11) is 1.93. The van der Waals surface area contributed by atoms with Gasteiger partial charge in [-0.3, -0.25) is 4.79 Å². The minimum Gasteiger partial charge on any atom is -0.397 e. The quantitative estimate of drug-likeness (QED) is 0.497. The average Bonchev–Trinajstić information content (AvgIpc) is 2.34. The Morgan fingerprint density at radius 2 is 2.06 bits per heavy atom. The van der Waals surface area contributed by atoms with Crippen LogP contribution in [-0.4, -0.2) is 31.2 Å². The van der Waals surface area contributed by atoms with Crippen molar-refractivity contribution in [3.63, 3.8) is 0 Å². The molecule has 100 valence electrons. The first-order valence-electron chi connectivity index (χ1n) is 6.07. The number of nitrogens with zero attached hydrogens (tertiary/aromatic N) is 1. The van der Waals surface area contributed by atoms with Crippen LogP contribution in [0, 0.1) is 0 Å². The van der Waals surface area contributed by atoms with Gasteiger partial charge in [0, 0.05) is 25.8 Å². The van der Waals surface area contributed by atoms with Gasteiger partial charge in [-0.05, 0) is 37.5 Å². The van der Waals surface area contributed by atoms with Crippen LogP contribution >= 0.6 is 0 Å². The first-order chi connectivity index (χ1) is 8.56. The van der Waals surface area contributed by atoms with Crippen LogP contribution in [0.15, 0.2) is 18.2 Å². The highest BCUT2D eigenvalue weighted by atomic mass is 16.2. The Bertz CT molecular complexity index is 407. The third-order valence-corrected chi connectivity index (χ3v) is 2.88. The summed E-state index contributed by atoms with van der Waals surface area (Å²) in [4.78, 5) is 13.1. The van der Waals surface area contributed by atoms with Gasteiger partial charge in [0.15, 0.2) is 0 Å². The highest BCUT2D eigenvalue weighted by Gasteiger charge is 2.08. The molecule has 0 aliphatic heterocycles. The first-order valence-corrected chi connectivity index (χ1v) is 6.07. The van der Waals surface area contributed by atoms with Crippen molar-refractivity contribution in [2.75, 3.05) is 30.8 Å². The van der Waals surface area contributed by atoms with E-state index in [-0.39, 0.29) is 6.61 Å². The summed E-state index contributed by atoms with van der Waals surface area (Å²) in [5.41, 5.74) is 13.0. The number of carbonyl (C=O) groups excluding carboxylic acids is 1. The van der Waals surface area contributed by atoms with Gasteiger partial charge in [0.1, 0.15) is 0 Å². The number of unbranched alkanes of at least 4 members (excludes halogenated alkanes) is 2. The lowest BCUT2D eigenvalue weighted by atomic mass is 10.1. The Morgan fingerprint density at radius 3 is 2.67 bits per heavy atom. The fraction of sp³-hybridized carbons (Fsp3) is 0.462. The van der Waals surface area contributed by atoms with E-state index in [0.29, 0.717) is 11.3 Å². The highest BCUT2D eigenvalue weighted by Crippen LogP contribution is 2.23. The van der Waals surface area contributed by atoms with Crippen molar-refractivity contribution >= 4 is 17.3 Å². The van der Waals surface area contributed by atoms with Crippen LogP contribution in [-0.2, 0) is 0 Å². The molecule has 0 aliphatic carbocycles. The van der Waals surface area contributed by atoms with Gasteiger partial charge in [-0.15, -0.1) is 0 Å². The van der Waals surface area contributed by atoms with Crippen molar-refractivity contribution in [3.05, 3.63) is 23.8 Å². The summed E-state index contributed by atoms with van der Waals surface area (Å²) in [6.07, 6.45) is 2.75. The Balaban J connectivity index is 2.68. The number of carbonyl (C=O) groups is 1. The Hall–Kier alpha value is -1.75. The summed E-state index contributed by atoms with van der Waals surface area (Å²) in [5, 5.41) is 8.71. The summed E-state index contributed by atoms with van der Waals surface area (Å²) in [6, 6.07) is 5.03. The molecule has 1 aromatic rings. The lowest BCUT2D eigenvalue weighted by Crippen LogP contribution is -2.21. The molecule has 1 rings (SSSR count). The molecule has 0 spiro atoms. The molecule has 1 aromatic carbocycles. The maximum Gasteiger partial charge on any atom is 0.248 e. The van der Waals surface area contributed by atoms with E-state index in [1.807, 2.05) is 11.9 Å². The Morgan fingerprint density at radius 1 is 1.33 bits per heavy atom. The van der Waals surface area contributed by atoms with Crippen molar-refractivity contribution in [1.29, 1.82) is 0 Å². The number of hydrogen-bond acceptors (Lipinski definition) is 4. The smallest absolute Gasteiger partial charge is 0.248 e. The first kappa shape index (κ1) is 14.3. The lowest BCUT2D eigenvalue weighted by molar-refractivity contribution is 0.100. The van der Waals surface area contributed by atoms with Crippen LogP contribution in [0.5, 0.6) is 0 Å². The van der Waals surface area contributed by atoms with Gasteiger partial charge >= 0.3 is 0 Å². The number of rotatable bonds is 7. The number of aliphatic hydroxyl groups excluding tert-OH is 1. The second-order valence-electron chi connectivity index (χ2n) is 4.34. The van der Waals surface area contributed by atoms with Crippen LogP contribution in [0.4, 0.5) is 11.4 Å². The van der Waals surface area contributed by atoms with Gasteiger partial charge in [-0.1, -0.05) is 0 Å². The SMILES string of the molecule is CN(CCCCCO)c1cc(C(N)=O)ccc1N. The van der Waals surface area contributed by atoms with Crippen molar-refractivity contribution in [2.45, 2.75) is 19.3 Å². The number of nitrogens with two attached hydrogens (primary N) is 2. The van der Waals surface area contributed by atoms with Gasteiger partial charge in [-0.25, -0.2) is 0 Å². The molecular weight excluding hydrogens is 230 g/mol. The number of anilines is 2. The summed E-state index contributed by atoms with van der Waals surface area (Å²) >= 11 is 0. The van der Waals surface area contributed by atoms with Gasteiger partial charge in [-0.2, -0.15) is 0 Å². The molecule has 0 aromatic heterocycles. The number of hydrogen-bond donors (Lipinski definition) is 3. The molecule has 0 saturated carbocycles. The average molecular weight is 251 g/mol. The third-order valence-electron chi connectivity index (χ3n) is 2.88. The maximum absolute atomic E-state index is 11.1. The van der Waals surface area contributed by atoms with E-state index in [9.17, 15) is 4.79 Å². The van der Waals surface area contributed by atoms with E-state index in [1.54, 1.807) is 18.2 Å². The minimum atomic E-state index is -0.454. The van der Waals surface area contributed by atoms with Crippen LogP contribution in [0.3, 0.4) is 0 Å². The molecule has 5 nitrogen and oxygen atoms in total. The number of primary amides is 1. The van der Waals surface area contributed by atoms with E-state index in [0.717, 1.165) is 31.5 Å². The van der Waals surface area contributed by atoms with E-state index in [4.69, 9.17) is 16.6 Å². The third kappa shape index (κ3) is 3.92. The molecule has 5 heteroatoms. The second kappa shape index (κ2) is 6.86. The molecule has 18 heavy (non-hydrogen) atoms. The zero-order chi connectivity index (χ0) is 13.5. The fourth-order valence-electron chi connectivity index (χ4n) is 1.79. The van der Waals surface area contributed by atoms with Gasteiger partial charge in [0.05, 0.1) is 11.4 Å². The van der Waals surface area contributed by atoms with Crippen LogP contribution in [0.25, 0.3) is 0 Å². The normalized spacial score (nSPS) is 10.3. The second-order valence-corrected chi connectivity index (χ2v) is 4.34. The van der Waals surface area contributed by atoms with E-state index >= 15 is 0 Å². The van der Waals surface area contributed by atoms with Crippen molar-refractivity contribution in [1.82, 2.24) is 0 Å². The largest absolute Gasteiger partial charge is 0.397 e. The zero-order valence-corrected chi connectivity index (χ0v) is 10.7. The Kier molecular flexibility index (Phi) is 5.45. The molecule has 0 atom stereocenters. The molecule has 0 aliphatic rings. The number of benzene rings is 1. The van der Waals surface area contributed by atoms with Gasteiger partial charge in [0.25, 0.3) is 0 Å². The molecule has 0 unspecified atom stereocenters. The van der Waals surface area contributed by atoms with Crippen molar-refractivity contribution in [2.24, 2.45) is 5.73 Å². The summed E-state index contributed by atoms with van der Waals surface area (Å²) in [6.45, 7) is 1.05. The van der Waals surface area contributed by atoms with Crippen LogP contribution in [0.2, 0.25) is 0 Å². The highest BCUT2D eigenvalue weighted by molar-refractivity contribution is 5.95. The number of amides is 1. The summed E-state index contributed by atoms with van der Waals surface area (Å²) in [5.74, 6) is -0.454. The minimum absolute atomic E-state index is 0.225. The molecule has 0 fully saturated rings. The Labute approximate surface area is 107 Å². The predicted octanol–water partition coefficient (Wildman–Crippen LogP) is 0.966. The lowest BCUT2D eigenvalue weighted by Gasteiger charge is -2.21. The topological polar surface area (TPSA) is 92.6 Å². The number of aliphatic hydroxyl groups is 1. The predicted molar refractivity (Wildman–Crippen MR) is 73.6 cm³/mol. The molecule has 1 amide bonds. The maximum atomic E-state index is 11.1. The van der Waals surface area contributed by atoms with Gasteiger partial charge < -0.3 is 21.5 Å². The molecule has 0 radical (unpaired) electrons. The zero-order valence-electron chi connectivity index (χ0n) is 10.7. The summed E-state index contributed by atoms with van der Waals surface area (Å²) < 4.78 is 0. The number of nitrogen functional groups attached to an aromatic ring is 1. The molecule has 0 heterocycles. The molecular formula is C13H21N3O2. The van der Waals surface area contributed by atoms with Crippen molar-refractivity contribution < 1.29 is 9.90 Å². The fourth-order valence-corrected chi connectivity index (χ4v) is 1.79. The van der Waals surface area contributed by atoms with Gasteiger partial charge in [0.2, 0.25) is 5.91 Å². The van der Waals surface area contributed by atoms with Crippen molar-refractivity contribution in [3.8, 4) is 0 Å². The van der Waals surface area contributed by atoms with E-state index in [2.05, 4.69) is 0 Å². The van der Waals surface area contributed by atoms with Crippen LogP contribution in [0.1, 0.15) is 29.6 Å². The molecule has 0 saturated heterocycles. The van der Waals surface area contributed by atoms with E-state index in [1.165, 1.54) is 0 Å².